The Morgan fingerprint density at radius 3 is 2.46 bits per heavy atom. The van der Waals surface area contributed by atoms with Crippen LogP contribution in [0.15, 0.2) is 4.34 Å². The molecule has 1 aromatic rings. The van der Waals surface area contributed by atoms with Gasteiger partial charge in [-0.15, -0.1) is 10.2 Å². The molecule has 1 aromatic heterocycles. The van der Waals surface area contributed by atoms with Crippen LogP contribution in [0.2, 0.25) is 0 Å². The van der Waals surface area contributed by atoms with Crippen LogP contribution in [0.5, 0.6) is 0 Å². The minimum Gasteiger partial charge on any atom is -0.360 e. The highest BCUT2D eigenvalue weighted by Gasteiger charge is 2.09. The van der Waals surface area contributed by atoms with Gasteiger partial charge >= 0.3 is 0 Å². The molecule has 3 nitrogen and oxygen atoms in total. The zero-order valence-electron chi connectivity index (χ0n) is 15.7. The largest absolute Gasteiger partial charge is 0.360 e. The number of aromatic nitrogens is 2. The topological polar surface area (TPSA) is 37.8 Å². The van der Waals surface area contributed by atoms with Crippen LogP contribution >= 0.6 is 32.9 Å². The number of hydrogen-bond donors (Lipinski definition) is 1. The summed E-state index contributed by atoms with van der Waals surface area (Å²) in [5, 5.41) is 13.0. The Kier molecular flexibility index (Phi) is 14.1. The first-order chi connectivity index (χ1) is 11.8. The molecule has 0 radical (unpaired) electrons. The molecular weight excluding hydrogens is 354 g/mol. The molecule has 1 heterocycles. The molecule has 24 heavy (non-hydrogen) atoms. The van der Waals surface area contributed by atoms with Crippen molar-refractivity contribution in [2.24, 2.45) is 5.92 Å². The van der Waals surface area contributed by atoms with Crippen molar-refractivity contribution in [3.8, 4) is 0 Å². The summed E-state index contributed by atoms with van der Waals surface area (Å²) in [5.74, 6) is 1.97. The first-order valence-corrected chi connectivity index (χ1v) is 12.8. The van der Waals surface area contributed by atoms with Gasteiger partial charge in [0.05, 0.1) is 0 Å². The van der Waals surface area contributed by atoms with Crippen molar-refractivity contribution in [2.75, 3.05) is 17.6 Å². The first kappa shape index (κ1) is 22.1. The van der Waals surface area contributed by atoms with E-state index < -0.39 is 0 Å². The maximum atomic E-state index is 4.29. The fraction of sp³-hybridized carbons (Fsp3) is 0.889. The van der Waals surface area contributed by atoms with Crippen molar-refractivity contribution in [1.82, 2.24) is 10.2 Å². The zero-order valence-corrected chi connectivity index (χ0v) is 18.1. The molecule has 0 saturated carbocycles. The van der Waals surface area contributed by atoms with Gasteiger partial charge in [-0.2, -0.15) is 0 Å². The second-order valence-electron chi connectivity index (χ2n) is 6.34. The summed E-state index contributed by atoms with van der Waals surface area (Å²) < 4.78 is 1.08. The Labute approximate surface area is 161 Å². The Morgan fingerprint density at radius 1 is 0.958 bits per heavy atom. The predicted molar refractivity (Wildman–Crippen MR) is 113 cm³/mol. The van der Waals surface area contributed by atoms with Crippen LogP contribution < -0.4 is 5.32 Å². The molecule has 1 N–H and O–H groups in total. The van der Waals surface area contributed by atoms with Gasteiger partial charge in [-0.25, -0.2) is 0 Å². The van der Waals surface area contributed by atoms with Crippen LogP contribution in [0.1, 0.15) is 85.0 Å². The van der Waals surface area contributed by atoms with Crippen LogP contribution in [0.4, 0.5) is 5.13 Å². The van der Waals surface area contributed by atoms with E-state index in [1.54, 1.807) is 22.1 Å². The van der Waals surface area contributed by atoms with E-state index in [0.717, 1.165) is 21.9 Å². The van der Waals surface area contributed by atoms with E-state index >= 15 is 0 Å². The van der Waals surface area contributed by atoms with Crippen LogP contribution in [-0.4, -0.2) is 22.5 Å². The van der Waals surface area contributed by atoms with Crippen molar-refractivity contribution in [1.29, 1.82) is 0 Å². The number of unbranched alkanes of at least 4 members (excludes halogenated alkanes) is 6. The van der Waals surface area contributed by atoms with Gasteiger partial charge in [0.1, 0.15) is 0 Å². The molecule has 0 bridgehead atoms. The van der Waals surface area contributed by atoms with E-state index in [1.807, 2.05) is 10.8 Å². The highest BCUT2D eigenvalue weighted by molar-refractivity contribution is 8.77. The lowest BCUT2D eigenvalue weighted by atomic mass is 10.00. The third kappa shape index (κ3) is 10.8. The van der Waals surface area contributed by atoms with E-state index in [0.29, 0.717) is 0 Å². The maximum absolute atomic E-state index is 4.29. The van der Waals surface area contributed by atoms with E-state index in [4.69, 9.17) is 0 Å². The maximum Gasteiger partial charge on any atom is 0.206 e. The Hall–Kier alpha value is 0.0600. The summed E-state index contributed by atoms with van der Waals surface area (Å²) in [6.07, 6.45) is 13.4. The lowest BCUT2D eigenvalue weighted by Gasteiger charge is -2.14. The van der Waals surface area contributed by atoms with Gasteiger partial charge in [0.15, 0.2) is 4.34 Å². The van der Waals surface area contributed by atoms with Crippen LogP contribution in [0.3, 0.4) is 0 Å². The van der Waals surface area contributed by atoms with Gasteiger partial charge in [-0.05, 0) is 29.6 Å². The molecule has 140 valence electrons. The van der Waals surface area contributed by atoms with Gasteiger partial charge in [-0.1, -0.05) is 94.3 Å². The quantitative estimate of drug-likeness (QED) is 0.238. The Bertz CT molecular complexity index is 399. The van der Waals surface area contributed by atoms with Crippen molar-refractivity contribution in [3.05, 3.63) is 0 Å². The highest BCUT2D eigenvalue weighted by Crippen LogP contribution is 2.35. The van der Waals surface area contributed by atoms with E-state index in [9.17, 15) is 0 Å². The monoisotopic (exact) mass is 389 g/mol. The summed E-state index contributed by atoms with van der Waals surface area (Å²) in [7, 11) is 3.71. The van der Waals surface area contributed by atoms with Gasteiger partial charge in [0.2, 0.25) is 5.13 Å². The zero-order chi connectivity index (χ0) is 17.5. The summed E-state index contributed by atoms with van der Waals surface area (Å²) in [6, 6.07) is 0. The molecule has 0 aliphatic rings. The molecule has 1 rings (SSSR count). The summed E-state index contributed by atoms with van der Waals surface area (Å²) in [5.41, 5.74) is 0. The number of nitrogens with zero attached hydrogens (tertiary/aromatic N) is 2. The molecule has 0 aliphatic heterocycles. The Morgan fingerprint density at radius 2 is 1.71 bits per heavy atom. The van der Waals surface area contributed by atoms with Crippen molar-refractivity contribution in [3.63, 3.8) is 0 Å². The smallest absolute Gasteiger partial charge is 0.206 e. The molecule has 6 heteroatoms. The third-order valence-corrected chi connectivity index (χ3v) is 7.82. The average molecular weight is 390 g/mol. The first-order valence-electron chi connectivity index (χ1n) is 9.66. The van der Waals surface area contributed by atoms with Crippen molar-refractivity contribution >= 4 is 38.1 Å². The molecule has 0 aliphatic carbocycles. The fourth-order valence-electron chi connectivity index (χ4n) is 2.52. The van der Waals surface area contributed by atoms with Gasteiger partial charge in [-0.3, -0.25) is 0 Å². The van der Waals surface area contributed by atoms with Crippen LogP contribution in [-0.2, 0) is 0 Å². The van der Waals surface area contributed by atoms with Crippen molar-refractivity contribution in [2.45, 2.75) is 89.3 Å². The number of rotatable bonds is 16. The standard InChI is InChI=1S/C18H35N3S3/c1-4-7-9-10-11-12-14-22-24-18-21-20-17(23-18)19-15-16(6-3)13-8-5-2/h16H,4-15H2,1-3H3,(H,19,20). The van der Waals surface area contributed by atoms with Gasteiger partial charge in [0.25, 0.3) is 0 Å². The molecule has 1 unspecified atom stereocenters. The van der Waals surface area contributed by atoms with Crippen molar-refractivity contribution < 1.29 is 0 Å². The molecule has 0 fully saturated rings. The van der Waals surface area contributed by atoms with Crippen LogP contribution in [0.25, 0.3) is 0 Å². The fourth-order valence-corrected chi connectivity index (χ4v) is 5.71. The van der Waals surface area contributed by atoms with Gasteiger partial charge in [0, 0.05) is 12.3 Å². The van der Waals surface area contributed by atoms with E-state index in [2.05, 4.69) is 36.3 Å². The second kappa shape index (κ2) is 15.3. The van der Waals surface area contributed by atoms with Gasteiger partial charge < -0.3 is 5.32 Å². The number of anilines is 1. The minimum atomic E-state index is 0.757. The SMILES string of the molecule is CCCCCCCCSSc1nnc(NCC(CC)CCCC)s1. The summed E-state index contributed by atoms with van der Waals surface area (Å²) in [4.78, 5) is 0. The molecule has 0 aromatic carbocycles. The lowest BCUT2D eigenvalue weighted by molar-refractivity contribution is 0.472. The third-order valence-electron chi connectivity index (χ3n) is 4.20. The summed E-state index contributed by atoms with van der Waals surface area (Å²) >= 11 is 1.69. The lowest BCUT2D eigenvalue weighted by Crippen LogP contribution is -2.13. The summed E-state index contributed by atoms with van der Waals surface area (Å²) in [6.45, 7) is 7.84. The molecule has 1 atom stereocenters. The number of hydrogen-bond acceptors (Lipinski definition) is 6. The molecular formula is C18H35N3S3. The predicted octanol–water partition coefficient (Wildman–Crippen LogP) is 7.27. The molecule has 0 spiro atoms. The molecule has 0 saturated heterocycles. The van der Waals surface area contributed by atoms with E-state index in [1.165, 1.54) is 70.0 Å². The van der Waals surface area contributed by atoms with Crippen LogP contribution in [0, 0.1) is 5.92 Å². The number of nitrogens with one attached hydrogen (secondary N) is 1. The van der Waals surface area contributed by atoms with E-state index in [-0.39, 0.29) is 0 Å². The average Bonchev–Trinajstić information content (AvgIpc) is 3.05. The highest BCUT2D eigenvalue weighted by atomic mass is 33.1. The molecule has 0 amide bonds. The Balaban J connectivity index is 2.10. The minimum absolute atomic E-state index is 0.757. The normalized spacial score (nSPS) is 12.5. The second-order valence-corrected chi connectivity index (χ2v) is 9.98.